The van der Waals surface area contributed by atoms with Crippen molar-refractivity contribution < 1.29 is 4.74 Å². The van der Waals surface area contributed by atoms with Crippen LogP contribution in [0.2, 0.25) is 0 Å². The second kappa shape index (κ2) is 7.32. The molecule has 1 aromatic rings. The third-order valence-corrected chi connectivity index (χ3v) is 4.26. The number of rotatable bonds is 5. The topological polar surface area (TPSA) is 47.0 Å². The van der Waals surface area contributed by atoms with Gasteiger partial charge in [-0.05, 0) is 38.2 Å². The molecule has 0 radical (unpaired) electrons. The van der Waals surface area contributed by atoms with E-state index in [1.807, 2.05) is 0 Å². The number of hydrogen-bond donors (Lipinski definition) is 1. The van der Waals surface area contributed by atoms with E-state index in [0.29, 0.717) is 17.9 Å². The zero-order valence-electron chi connectivity index (χ0n) is 14.1. The van der Waals surface area contributed by atoms with Crippen LogP contribution in [0.15, 0.2) is 0 Å². The minimum Gasteiger partial charge on any atom is -0.381 e. The van der Waals surface area contributed by atoms with Crippen molar-refractivity contribution in [3.63, 3.8) is 0 Å². The highest BCUT2D eigenvalue weighted by Gasteiger charge is 2.22. The number of hydrogen-bond acceptors (Lipinski definition) is 4. The minimum absolute atomic E-state index is 0.441. The summed E-state index contributed by atoms with van der Waals surface area (Å²) >= 11 is 0. The summed E-state index contributed by atoms with van der Waals surface area (Å²) in [7, 11) is 0. The van der Waals surface area contributed by atoms with Gasteiger partial charge in [-0.15, -0.1) is 0 Å². The first kappa shape index (κ1) is 16.4. The molecule has 1 N–H and O–H groups in total. The molecule has 1 fully saturated rings. The van der Waals surface area contributed by atoms with Gasteiger partial charge in [0.15, 0.2) is 0 Å². The Morgan fingerprint density at radius 2 is 1.67 bits per heavy atom. The Hall–Kier alpha value is -1.00. The molecule has 4 heteroatoms. The predicted octanol–water partition coefficient (Wildman–Crippen LogP) is 3.09. The van der Waals surface area contributed by atoms with Crippen molar-refractivity contribution in [3.05, 3.63) is 22.8 Å². The maximum Gasteiger partial charge on any atom is 0.132 e. The standard InChI is InChI=1S/C17H29N3O/c1-11(2)18-10-12(3)16-13(4)19-17(20-14(16)5)15-6-8-21-9-7-15/h11-12,15,18H,6-10H2,1-5H3. The first-order valence-electron chi connectivity index (χ1n) is 8.15. The summed E-state index contributed by atoms with van der Waals surface area (Å²) in [6, 6.07) is 0.510. The van der Waals surface area contributed by atoms with Gasteiger partial charge in [0.25, 0.3) is 0 Å². The van der Waals surface area contributed by atoms with Crippen LogP contribution in [0, 0.1) is 13.8 Å². The molecule has 118 valence electrons. The van der Waals surface area contributed by atoms with Crippen molar-refractivity contribution in [1.29, 1.82) is 0 Å². The van der Waals surface area contributed by atoms with Gasteiger partial charge in [0.2, 0.25) is 0 Å². The second-order valence-corrected chi connectivity index (χ2v) is 6.52. The Morgan fingerprint density at radius 1 is 1.10 bits per heavy atom. The fraction of sp³-hybridized carbons (Fsp3) is 0.765. The van der Waals surface area contributed by atoms with Crippen LogP contribution in [-0.4, -0.2) is 35.8 Å². The number of ether oxygens (including phenoxy) is 1. The molecular weight excluding hydrogens is 262 g/mol. The van der Waals surface area contributed by atoms with Crippen molar-refractivity contribution in [2.24, 2.45) is 0 Å². The lowest BCUT2D eigenvalue weighted by molar-refractivity contribution is 0.0835. The van der Waals surface area contributed by atoms with Crippen LogP contribution in [0.25, 0.3) is 0 Å². The van der Waals surface area contributed by atoms with Crippen molar-refractivity contribution in [2.45, 2.75) is 65.3 Å². The van der Waals surface area contributed by atoms with Crippen LogP contribution in [0.5, 0.6) is 0 Å². The molecule has 1 unspecified atom stereocenters. The molecule has 2 rings (SSSR count). The molecule has 1 aliphatic heterocycles. The van der Waals surface area contributed by atoms with Crippen molar-refractivity contribution in [1.82, 2.24) is 15.3 Å². The van der Waals surface area contributed by atoms with Crippen LogP contribution in [0.1, 0.15) is 68.2 Å². The zero-order valence-corrected chi connectivity index (χ0v) is 14.1. The molecule has 2 heterocycles. The van der Waals surface area contributed by atoms with Crippen LogP contribution in [0.4, 0.5) is 0 Å². The zero-order chi connectivity index (χ0) is 15.4. The molecule has 1 aliphatic rings. The first-order valence-corrected chi connectivity index (χ1v) is 8.15. The van der Waals surface area contributed by atoms with E-state index < -0.39 is 0 Å². The van der Waals surface area contributed by atoms with E-state index in [0.717, 1.165) is 49.8 Å². The molecule has 0 spiro atoms. The molecule has 1 saturated heterocycles. The van der Waals surface area contributed by atoms with E-state index >= 15 is 0 Å². The van der Waals surface area contributed by atoms with Gasteiger partial charge in [-0.2, -0.15) is 0 Å². The summed E-state index contributed by atoms with van der Waals surface area (Å²) in [6.07, 6.45) is 2.09. The summed E-state index contributed by atoms with van der Waals surface area (Å²) < 4.78 is 5.43. The predicted molar refractivity (Wildman–Crippen MR) is 85.9 cm³/mol. The highest BCUT2D eigenvalue weighted by atomic mass is 16.5. The van der Waals surface area contributed by atoms with Gasteiger partial charge in [-0.3, -0.25) is 0 Å². The van der Waals surface area contributed by atoms with Crippen molar-refractivity contribution in [3.8, 4) is 0 Å². The number of nitrogens with one attached hydrogen (secondary N) is 1. The highest BCUT2D eigenvalue weighted by molar-refractivity contribution is 5.29. The fourth-order valence-corrected chi connectivity index (χ4v) is 3.12. The van der Waals surface area contributed by atoms with E-state index in [1.165, 1.54) is 5.56 Å². The largest absolute Gasteiger partial charge is 0.381 e. The maximum absolute atomic E-state index is 5.43. The average Bonchev–Trinajstić information content (AvgIpc) is 2.45. The molecule has 0 aliphatic carbocycles. The molecule has 0 aromatic carbocycles. The quantitative estimate of drug-likeness (QED) is 0.905. The Labute approximate surface area is 128 Å². The summed E-state index contributed by atoms with van der Waals surface area (Å²) in [5.74, 6) is 1.92. The van der Waals surface area contributed by atoms with E-state index in [4.69, 9.17) is 14.7 Å². The summed E-state index contributed by atoms with van der Waals surface area (Å²) in [4.78, 5) is 9.62. The maximum atomic E-state index is 5.43. The molecule has 4 nitrogen and oxygen atoms in total. The minimum atomic E-state index is 0.441. The smallest absolute Gasteiger partial charge is 0.132 e. The average molecular weight is 291 g/mol. The van der Waals surface area contributed by atoms with E-state index in [2.05, 4.69) is 39.9 Å². The molecule has 1 aromatic heterocycles. The van der Waals surface area contributed by atoms with Gasteiger partial charge in [-0.1, -0.05) is 20.8 Å². The van der Waals surface area contributed by atoms with E-state index in [-0.39, 0.29) is 0 Å². The second-order valence-electron chi connectivity index (χ2n) is 6.52. The first-order chi connectivity index (χ1) is 9.99. The van der Waals surface area contributed by atoms with Crippen LogP contribution in [0.3, 0.4) is 0 Å². The highest BCUT2D eigenvalue weighted by Crippen LogP contribution is 2.27. The third kappa shape index (κ3) is 4.24. The monoisotopic (exact) mass is 291 g/mol. The van der Waals surface area contributed by atoms with Gasteiger partial charge >= 0.3 is 0 Å². The number of aryl methyl sites for hydroxylation is 2. The number of nitrogens with zero attached hydrogens (tertiary/aromatic N) is 2. The van der Waals surface area contributed by atoms with Crippen molar-refractivity contribution >= 4 is 0 Å². The van der Waals surface area contributed by atoms with Gasteiger partial charge in [0, 0.05) is 43.1 Å². The van der Waals surface area contributed by atoms with Crippen LogP contribution >= 0.6 is 0 Å². The lowest BCUT2D eigenvalue weighted by atomic mass is 9.95. The van der Waals surface area contributed by atoms with E-state index in [9.17, 15) is 0 Å². The Bertz CT molecular complexity index is 444. The normalized spacial score (nSPS) is 18.2. The van der Waals surface area contributed by atoms with Crippen molar-refractivity contribution in [2.75, 3.05) is 19.8 Å². The molecule has 0 bridgehead atoms. The Balaban J connectivity index is 2.16. The molecule has 0 amide bonds. The Kier molecular flexibility index (Phi) is 5.71. The molecular formula is C17H29N3O. The number of aromatic nitrogens is 2. The molecule has 1 atom stereocenters. The summed E-state index contributed by atoms with van der Waals surface area (Å²) in [5, 5.41) is 3.50. The fourth-order valence-electron chi connectivity index (χ4n) is 3.12. The van der Waals surface area contributed by atoms with Gasteiger partial charge in [0.1, 0.15) is 5.82 Å². The lowest BCUT2D eigenvalue weighted by Crippen LogP contribution is -2.28. The summed E-state index contributed by atoms with van der Waals surface area (Å²) in [5.41, 5.74) is 3.59. The molecule has 0 saturated carbocycles. The molecule has 21 heavy (non-hydrogen) atoms. The van der Waals surface area contributed by atoms with Crippen LogP contribution in [-0.2, 0) is 4.74 Å². The third-order valence-electron chi connectivity index (χ3n) is 4.26. The SMILES string of the molecule is Cc1nc(C2CCOCC2)nc(C)c1C(C)CNC(C)C. The van der Waals surface area contributed by atoms with Gasteiger partial charge in [-0.25, -0.2) is 9.97 Å². The summed E-state index contributed by atoms with van der Waals surface area (Å²) in [6.45, 7) is 13.5. The lowest BCUT2D eigenvalue weighted by Gasteiger charge is -2.24. The van der Waals surface area contributed by atoms with Gasteiger partial charge < -0.3 is 10.1 Å². The van der Waals surface area contributed by atoms with Crippen LogP contribution < -0.4 is 5.32 Å². The van der Waals surface area contributed by atoms with Gasteiger partial charge in [0.05, 0.1) is 0 Å². The Morgan fingerprint density at radius 3 is 2.19 bits per heavy atom. The van der Waals surface area contributed by atoms with E-state index in [1.54, 1.807) is 0 Å².